The normalized spacial score (nSPS) is 17.4. The van der Waals surface area contributed by atoms with Crippen LogP contribution in [0, 0.1) is 5.92 Å². The molecule has 1 N–H and O–H groups in total. The number of likely N-dealkylation sites (tertiary alicyclic amines) is 1. The molecular formula is C15H20N4O2. The Labute approximate surface area is 123 Å². The van der Waals surface area contributed by atoms with E-state index in [2.05, 4.69) is 22.0 Å². The van der Waals surface area contributed by atoms with Gasteiger partial charge in [-0.05, 0) is 50.5 Å². The van der Waals surface area contributed by atoms with Gasteiger partial charge in [0.05, 0.1) is 0 Å². The van der Waals surface area contributed by atoms with E-state index in [0.717, 1.165) is 31.9 Å². The first-order chi connectivity index (χ1) is 10.2. The Morgan fingerprint density at radius 2 is 2.14 bits per heavy atom. The zero-order valence-corrected chi connectivity index (χ0v) is 12.2. The summed E-state index contributed by atoms with van der Waals surface area (Å²) in [5.74, 6) is 0.507. The van der Waals surface area contributed by atoms with Crippen LogP contribution in [0.1, 0.15) is 35.9 Å². The van der Waals surface area contributed by atoms with Crippen molar-refractivity contribution in [2.45, 2.75) is 26.2 Å². The Kier molecular flexibility index (Phi) is 3.88. The topological polar surface area (TPSA) is 70.7 Å². The Balaban J connectivity index is 1.79. The maximum absolute atomic E-state index is 11.2. The molecule has 2 aromatic rings. The molecule has 0 saturated carbocycles. The van der Waals surface area contributed by atoms with Crippen molar-refractivity contribution >= 4 is 11.6 Å². The smallest absolute Gasteiger partial charge is 0.339 e. The molecule has 1 aliphatic heterocycles. The molecule has 3 heterocycles. The molecule has 0 spiro atoms. The molecule has 0 atom stereocenters. The highest BCUT2D eigenvalue weighted by molar-refractivity contribution is 5.94. The van der Waals surface area contributed by atoms with Crippen LogP contribution >= 0.6 is 0 Å². The van der Waals surface area contributed by atoms with Crippen molar-refractivity contribution in [2.75, 3.05) is 19.6 Å². The van der Waals surface area contributed by atoms with Crippen molar-refractivity contribution in [2.24, 2.45) is 5.92 Å². The van der Waals surface area contributed by atoms with E-state index in [1.165, 1.54) is 12.8 Å². The molecule has 0 unspecified atom stereocenters. The second kappa shape index (κ2) is 5.81. The van der Waals surface area contributed by atoms with E-state index in [1.54, 1.807) is 12.1 Å². The monoisotopic (exact) mass is 288 g/mol. The molecule has 0 amide bonds. The standard InChI is InChI=1S/C15H20N4O2/c1-2-18-8-5-11(6-9-18)10-13-16-17-14-12(15(20)21)4-3-7-19(13)14/h3-4,7,11H,2,5-6,8-10H2,1H3,(H,20,21). The maximum Gasteiger partial charge on any atom is 0.339 e. The van der Waals surface area contributed by atoms with Gasteiger partial charge >= 0.3 is 5.97 Å². The number of nitrogens with zero attached hydrogens (tertiary/aromatic N) is 4. The molecule has 112 valence electrons. The molecule has 1 saturated heterocycles. The van der Waals surface area contributed by atoms with Crippen LogP contribution in [-0.2, 0) is 6.42 Å². The molecule has 21 heavy (non-hydrogen) atoms. The van der Waals surface area contributed by atoms with Gasteiger partial charge < -0.3 is 10.0 Å². The number of aromatic carboxylic acids is 1. The van der Waals surface area contributed by atoms with Crippen molar-refractivity contribution in [1.29, 1.82) is 0 Å². The lowest BCUT2D eigenvalue weighted by atomic mass is 9.93. The number of hydrogen-bond donors (Lipinski definition) is 1. The summed E-state index contributed by atoms with van der Waals surface area (Å²) in [5, 5.41) is 17.4. The maximum atomic E-state index is 11.2. The Hall–Kier alpha value is -1.95. The molecule has 1 aliphatic rings. The average Bonchev–Trinajstić information content (AvgIpc) is 2.91. The van der Waals surface area contributed by atoms with Crippen molar-refractivity contribution in [3.05, 3.63) is 29.7 Å². The van der Waals surface area contributed by atoms with Gasteiger partial charge in [-0.2, -0.15) is 0 Å². The molecule has 1 fully saturated rings. The SMILES string of the molecule is CCN1CCC(Cc2nnc3c(C(=O)O)cccn23)CC1. The second-order valence-corrected chi connectivity index (χ2v) is 5.62. The number of carboxylic acids is 1. The van der Waals surface area contributed by atoms with Crippen molar-refractivity contribution < 1.29 is 9.90 Å². The van der Waals surface area contributed by atoms with Crippen LogP contribution in [0.3, 0.4) is 0 Å². The van der Waals surface area contributed by atoms with Crippen LogP contribution in [-0.4, -0.2) is 50.2 Å². The Bertz CT molecular complexity index is 644. The van der Waals surface area contributed by atoms with E-state index in [-0.39, 0.29) is 5.56 Å². The van der Waals surface area contributed by atoms with E-state index >= 15 is 0 Å². The number of hydrogen-bond acceptors (Lipinski definition) is 4. The quantitative estimate of drug-likeness (QED) is 0.927. The predicted molar refractivity (Wildman–Crippen MR) is 78.5 cm³/mol. The number of piperidine rings is 1. The third kappa shape index (κ3) is 2.76. The minimum Gasteiger partial charge on any atom is -0.478 e. The third-order valence-corrected chi connectivity index (χ3v) is 4.36. The van der Waals surface area contributed by atoms with Gasteiger partial charge in [-0.15, -0.1) is 10.2 Å². The van der Waals surface area contributed by atoms with Crippen molar-refractivity contribution in [3.63, 3.8) is 0 Å². The van der Waals surface area contributed by atoms with E-state index in [9.17, 15) is 9.90 Å². The summed E-state index contributed by atoms with van der Waals surface area (Å²) in [7, 11) is 0. The van der Waals surface area contributed by atoms with Crippen molar-refractivity contribution in [1.82, 2.24) is 19.5 Å². The second-order valence-electron chi connectivity index (χ2n) is 5.62. The molecule has 6 nitrogen and oxygen atoms in total. The molecule has 0 bridgehead atoms. The minimum atomic E-state index is -0.962. The summed E-state index contributed by atoms with van der Waals surface area (Å²) in [6.07, 6.45) is 5.04. The summed E-state index contributed by atoms with van der Waals surface area (Å²) in [5.41, 5.74) is 0.642. The first-order valence-corrected chi connectivity index (χ1v) is 7.47. The highest BCUT2D eigenvalue weighted by Crippen LogP contribution is 2.21. The van der Waals surface area contributed by atoms with E-state index in [1.807, 2.05) is 10.6 Å². The summed E-state index contributed by atoms with van der Waals surface area (Å²) < 4.78 is 1.82. The predicted octanol–water partition coefficient (Wildman–Crippen LogP) is 1.70. The van der Waals surface area contributed by atoms with Gasteiger partial charge in [0.1, 0.15) is 11.4 Å². The molecule has 3 rings (SSSR count). The zero-order valence-electron chi connectivity index (χ0n) is 12.2. The van der Waals surface area contributed by atoms with Gasteiger partial charge in [0, 0.05) is 12.6 Å². The van der Waals surface area contributed by atoms with Crippen LogP contribution in [0.2, 0.25) is 0 Å². The number of fused-ring (bicyclic) bond motifs is 1. The highest BCUT2D eigenvalue weighted by atomic mass is 16.4. The van der Waals surface area contributed by atoms with Gasteiger partial charge in [0.2, 0.25) is 0 Å². The van der Waals surface area contributed by atoms with Crippen LogP contribution in [0.5, 0.6) is 0 Å². The largest absolute Gasteiger partial charge is 0.478 e. The summed E-state index contributed by atoms with van der Waals surface area (Å²) in [6, 6.07) is 3.30. The van der Waals surface area contributed by atoms with Gasteiger partial charge in [0.25, 0.3) is 0 Å². The lowest BCUT2D eigenvalue weighted by Gasteiger charge is -2.30. The third-order valence-electron chi connectivity index (χ3n) is 4.36. The lowest BCUT2D eigenvalue weighted by Crippen LogP contribution is -2.34. The zero-order chi connectivity index (χ0) is 14.8. The van der Waals surface area contributed by atoms with Gasteiger partial charge in [-0.1, -0.05) is 6.92 Å². The number of aromatic nitrogens is 3. The Morgan fingerprint density at radius 1 is 1.38 bits per heavy atom. The molecule has 0 radical (unpaired) electrons. The lowest BCUT2D eigenvalue weighted by molar-refractivity contribution is 0.0698. The van der Waals surface area contributed by atoms with Crippen LogP contribution in [0.4, 0.5) is 0 Å². The van der Waals surface area contributed by atoms with Gasteiger partial charge in [0.15, 0.2) is 5.65 Å². The fourth-order valence-electron chi connectivity index (χ4n) is 3.03. The summed E-state index contributed by atoms with van der Waals surface area (Å²) in [4.78, 5) is 13.7. The molecular weight excluding hydrogens is 268 g/mol. The van der Waals surface area contributed by atoms with Crippen LogP contribution in [0.25, 0.3) is 5.65 Å². The number of carbonyl (C=O) groups is 1. The number of rotatable bonds is 4. The molecule has 0 aliphatic carbocycles. The van der Waals surface area contributed by atoms with Gasteiger partial charge in [-0.25, -0.2) is 4.79 Å². The molecule has 6 heteroatoms. The Morgan fingerprint density at radius 3 is 2.81 bits per heavy atom. The van der Waals surface area contributed by atoms with Crippen LogP contribution in [0.15, 0.2) is 18.3 Å². The van der Waals surface area contributed by atoms with Crippen LogP contribution < -0.4 is 0 Å². The number of pyridine rings is 1. The highest BCUT2D eigenvalue weighted by Gasteiger charge is 2.21. The fourth-order valence-corrected chi connectivity index (χ4v) is 3.03. The fraction of sp³-hybridized carbons (Fsp3) is 0.533. The van der Waals surface area contributed by atoms with Gasteiger partial charge in [-0.3, -0.25) is 4.40 Å². The summed E-state index contributed by atoms with van der Waals surface area (Å²) >= 11 is 0. The molecule has 0 aromatic carbocycles. The van der Waals surface area contributed by atoms with E-state index in [4.69, 9.17) is 0 Å². The molecule has 2 aromatic heterocycles. The minimum absolute atomic E-state index is 0.206. The van der Waals surface area contributed by atoms with E-state index in [0.29, 0.717) is 11.6 Å². The number of carboxylic acid groups (broad SMARTS) is 1. The summed E-state index contributed by atoms with van der Waals surface area (Å²) in [6.45, 7) is 5.58. The van der Waals surface area contributed by atoms with E-state index < -0.39 is 5.97 Å². The average molecular weight is 288 g/mol. The first-order valence-electron chi connectivity index (χ1n) is 7.47. The first kappa shape index (κ1) is 14.0. The van der Waals surface area contributed by atoms with Crippen molar-refractivity contribution in [3.8, 4) is 0 Å².